The third-order valence-electron chi connectivity index (χ3n) is 5.50. The van der Waals surface area contributed by atoms with Crippen LogP contribution >= 0.6 is 12.6 Å². The molecule has 2 aromatic carbocycles. The minimum Gasteiger partial charge on any atom is -0.481 e. The van der Waals surface area contributed by atoms with Crippen LogP contribution in [-0.2, 0) is 4.79 Å². The molecule has 0 radical (unpaired) electrons. The smallest absolute Gasteiger partial charge is 0.263 e. The van der Waals surface area contributed by atoms with E-state index in [4.69, 9.17) is 4.74 Å². The van der Waals surface area contributed by atoms with Crippen LogP contribution in [0.3, 0.4) is 0 Å². The third-order valence-corrected chi connectivity index (χ3v) is 5.89. The number of hydrogen-bond donors (Lipinski definition) is 2. The second-order valence-corrected chi connectivity index (χ2v) is 8.56. The van der Waals surface area contributed by atoms with Gasteiger partial charge in [-0.3, -0.25) is 9.59 Å². The van der Waals surface area contributed by atoms with Gasteiger partial charge in [-0.25, -0.2) is 0 Å². The topological polar surface area (TPSA) is 58.6 Å². The fraction of sp³-hybridized carbons (Fsp3) is 0.417. The van der Waals surface area contributed by atoms with Crippen molar-refractivity contribution in [2.24, 2.45) is 0 Å². The van der Waals surface area contributed by atoms with Gasteiger partial charge in [-0.2, -0.15) is 0 Å². The largest absolute Gasteiger partial charge is 0.481 e. The zero-order valence-corrected chi connectivity index (χ0v) is 18.7. The Labute approximate surface area is 184 Å². The van der Waals surface area contributed by atoms with Crippen LogP contribution in [-0.4, -0.2) is 41.9 Å². The number of rotatable bonds is 6. The molecular weight excluding hydrogens is 396 g/mol. The van der Waals surface area contributed by atoms with Crippen LogP contribution in [0.5, 0.6) is 5.75 Å². The molecule has 1 fully saturated rings. The standard InChI is InChI=1S/C24H30N2O3S/c1-16(2)18-8-10-20(11-9-18)29-17(3)24(28)26-14-12-19(13-15-26)25-23(27)21-6-4-5-7-22(21)30/h4-11,16-17,19,30H,12-15H2,1-3H3,(H,25,27). The number of hydrogen-bond acceptors (Lipinski definition) is 4. The number of likely N-dealkylation sites (tertiary alicyclic amines) is 1. The van der Waals surface area contributed by atoms with Gasteiger partial charge in [0.2, 0.25) is 0 Å². The van der Waals surface area contributed by atoms with Gasteiger partial charge in [-0.15, -0.1) is 12.6 Å². The van der Waals surface area contributed by atoms with E-state index in [-0.39, 0.29) is 17.9 Å². The lowest BCUT2D eigenvalue weighted by Crippen LogP contribution is -2.49. The van der Waals surface area contributed by atoms with Gasteiger partial charge in [0.05, 0.1) is 5.56 Å². The molecule has 0 aliphatic carbocycles. The first kappa shape index (κ1) is 22.2. The molecule has 0 bridgehead atoms. The quantitative estimate of drug-likeness (QED) is 0.678. The van der Waals surface area contributed by atoms with Crippen LogP contribution in [0.4, 0.5) is 0 Å². The van der Waals surface area contributed by atoms with E-state index in [2.05, 4.69) is 31.8 Å². The average Bonchev–Trinajstić information content (AvgIpc) is 2.74. The fourth-order valence-corrected chi connectivity index (χ4v) is 3.88. The Bertz CT molecular complexity index is 874. The van der Waals surface area contributed by atoms with E-state index in [1.54, 1.807) is 19.1 Å². The molecule has 1 saturated heterocycles. The molecule has 1 atom stereocenters. The summed E-state index contributed by atoms with van der Waals surface area (Å²) < 4.78 is 5.86. The highest BCUT2D eigenvalue weighted by atomic mass is 32.1. The van der Waals surface area contributed by atoms with Crippen molar-refractivity contribution in [1.82, 2.24) is 10.2 Å². The van der Waals surface area contributed by atoms with Crippen molar-refractivity contribution in [2.45, 2.75) is 56.6 Å². The zero-order chi connectivity index (χ0) is 21.7. The lowest BCUT2D eigenvalue weighted by Gasteiger charge is -2.34. The lowest BCUT2D eigenvalue weighted by molar-refractivity contribution is -0.139. The molecule has 5 nitrogen and oxygen atoms in total. The molecule has 2 aromatic rings. The van der Waals surface area contributed by atoms with Gasteiger partial charge in [0, 0.05) is 24.0 Å². The summed E-state index contributed by atoms with van der Waals surface area (Å²) in [5.41, 5.74) is 1.82. The van der Waals surface area contributed by atoms with E-state index in [1.807, 2.05) is 41.3 Å². The molecule has 1 N–H and O–H groups in total. The Kier molecular flexibility index (Phi) is 7.43. The van der Waals surface area contributed by atoms with Gasteiger partial charge in [0.25, 0.3) is 11.8 Å². The first-order chi connectivity index (χ1) is 14.3. The minimum absolute atomic E-state index is 0.0200. The highest BCUT2D eigenvalue weighted by molar-refractivity contribution is 7.80. The van der Waals surface area contributed by atoms with Gasteiger partial charge in [0.1, 0.15) is 5.75 Å². The summed E-state index contributed by atoms with van der Waals surface area (Å²) in [5, 5.41) is 3.06. The Morgan fingerprint density at radius 1 is 1.03 bits per heavy atom. The van der Waals surface area contributed by atoms with Crippen molar-refractivity contribution < 1.29 is 14.3 Å². The van der Waals surface area contributed by atoms with E-state index >= 15 is 0 Å². The SMILES string of the molecule is CC(Oc1ccc(C(C)C)cc1)C(=O)N1CCC(NC(=O)c2ccccc2S)CC1. The van der Waals surface area contributed by atoms with E-state index < -0.39 is 6.10 Å². The van der Waals surface area contributed by atoms with Gasteiger partial charge < -0.3 is 15.0 Å². The van der Waals surface area contributed by atoms with Crippen molar-refractivity contribution in [1.29, 1.82) is 0 Å². The van der Waals surface area contributed by atoms with Crippen molar-refractivity contribution in [2.75, 3.05) is 13.1 Å². The van der Waals surface area contributed by atoms with E-state index in [9.17, 15) is 9.59 Å². The molecule has 0 aromatic heterocycles. The highest BCUT2D eigenvalue weighted by Gasteiger charge is 2.28. The van der Waals surface area contributed by atoms with E-state index in [0.29, 0.717) is 35.2 Å². The second kappa shape index (κ2) is 10.0. The van der Waals surface area contributed by atoms with Crippen LogP contribution in [0.15, 0.2) is 53.4 Å². The van der Waals surface area contributed by atoms with Gasteiger partial charge in [-0.05, 0) is 55.5 Å². The number of benzene rings is 2. The molecule has 6 heteroatoms. The van der Waals surface area contributed by atoms with Gasteiger partial charge in [0.15, 0.2) is 6.10 Å². The second-order valence-electron chi connectivity index (χ2n) is 8.07. The maximum absolute atomic E-state index is 12.8. The molecule has 1 heterocycles. The summed E-state index contributed by atoms with van der Waals surface area (Å²) in [6, 6.07) is 15.2. The zero-order valence-electron chi connectivity index (χ0n) is 17.8. The normalized spacial score (nSPS) is 15.7. The maximum Gasteiger partial charge on any atom is 0.263 e. The van der Waals surface area contributed by atoms with E-state index in [1.165, 1.54) is 5.56 Å². The van der Waals surface area contributed by atoms with Gasteiger partial charge >= 0.3 is 0 Å². The summed E-state index contributed by atoms with van der Waals surface area (Å²) in [7, 11) is 0. The number of ether oxygens (including phenoxy) is 1. The summed E-state index contributed by atoms with van der Waals surface area (Å²) in [4.78, 5) is 27.7. The fourth-order valence-electron chi connectivity index (χ4n) is 3.62. The minimum atomic E-state index is -0.544. The molecule has 0 saturated carbocycles. The first-order valence-corrected chi connectivity index (χ1v) is 10.9. The van der Waals surface area contributed by atoms with Gasteiger partial charge in [-0.1, -0.05) is 38.1 Å². The predicted octanol–water partition coefficient (Wildman–Crippen LogP) is 4.29. The van der Waals surface area contributed by atoms with E-state index in [0.717, 1.165) is 12.8 Å². The summed E-state index contributed by atoms with van der Waals surface area (Å²) >= 11 is 4.35. The van der Waals surface area contributed by atoms with Crippen LogP contribution < -0.4 is 10.1 Å². The predicted molar refractivity (Wildman–Crippen MR) is 121 cm³/mol. The number of nitrogens with one attached hydrogen (secondary N) is 1. The highest BCUT2D eigenvalue weighted by Crippen LogP contribution is 2.21. The molecule has 1 unspecified atom stereocenters. The Hall–Kier alpha value is -2.47. The molecule has 0 spiro atoms. The van der Waals surface area contributed by atoms with Crippen LogP contribution in [0.25, 0.3) is 0 Å². The molecule has 160 valence electrons. The molecular formula is C24H30N2O3S. The third kappa shape index (κ3) is 5.57. The number of piperidine rings is 1. The molecule has 3 rings (SSSR count). The van der Waals surface area contributed by atoms with Crippen LogP contribution in [0.2, 0.25) is 0 Å². The lowest BCUT2D eigenvalue weighted by atomic mass is 10.0. The molecule has 1 aliphatic heterocycles. The molecule has 2 amide bonds. The average molecular weight is 427 g/mol. The van der Waals surface area contributed by atoms with Crippen molar-refractivity contribution in [3.8, 4) is 5.75 Å². The number of carbonyl (C=O) groups is 2. The summed E-state index contributed by atoms with van der Waals surface area (Å²) in [6.07, 6.45) is 0.904. The Morgan fingerprint density at radius 3 is 2.27 bits per heavy atom. The number of nitrogens with zero attached hydrogens (tertiary/aromatic N) is 1. The van der Waals surface area contributed by atoms with Crippen molar-refractivity contribution in [3.63, 3.8) is 0 Å². The van der Waals surface area contributed by atoms with Crippen molar-refractivity contribution in [3.05, 3.63) is 59.7 Å². The summed E-state index contributed by atoms with van der Waals surface area (Å²) in [5.74, 6) is 1.02. The Balaban J connectivity index is 1.48. The summed E-state index contributed by atoms with van der Waals surface area (Å²) in [6.45, 7) is 7.28. The number of amides is 2. The Morgan fingerprint density at radius 2 is 1.67 bits per heavy atom. The van der Waals surface area contributed by atoms with Crippen LogP contribution in [0, 0.1) is 0 Å². The number of carbonyl (C=O) groups excluding carboxylic acids is 2. The number of thiol groups is 1. The maximum atomic E-state index is 12.8. The monoisotopic (exact) mass is 426 g/mol. The van der Waals surface area contributed by atoms with Crippen LogP contribution in [0.1, 0.15) is 55.5 Å². The van der Waals surface area contributed by atoms with Crippen molar-refractivity contribution >= 4 is 24.4 Å². The first-order valence-electron chi connectivity index (χ1n) is 10.5. The molecule has 30 heavy (non-hydrogen) atoms. The molecule has 1 aliphatic rings.